The molecule has 0 unspecified atom stereocenters. The molecule has 1 aromatic rings. The van der Waals surface area contributed by atoms with Crippen molar-refractivity contribution >= 4 is 0 Å². The van der Waals surface area contributed by atoms with E-state index in [2.05, 4.69) is 26.0 Å². The van der Waals surface area contributed by atoms with Gasteiger partial charge in [-0.05, 0) is 62.6 Å². The zero-order chi connectivity index (χ0) is 12.4. The highest BCUT2D eigenvalue weighted by molar-refractivity contribution is 5.45. The van der Waals surface area contributed by atoms with Crippen LogP contribution in [0.5, 0.6) is 5.75 Å². The van der Waals surface area contributed by atoms with Crippen LogP contribution in [0.1, 0.15) is 48.3 Å². The third-order valence-corrected chi connectivity index (χ3v) is 3.82. The summed E-state index contributed by atoms with van der Waals surface area (Å²) in [4.78, 5) is 0. The van der Waals surface area contributed by atoms with Crippen molar-refractivity contribution in [2.75, 3.05) is 7.11 Å². The van der Waals surface area contributed by atoms with Gasteiger partial charge in [0.05, 0.1) is 13.2 Å². The zero-order valence-corrected chi connectivity index (χ0v) is 11.0. The van der Waals surface area contributed by atoms with E-state index in [0.29, 0.717) is 5.92 Å². The molecular weight excluding hydrogens is 212 g/mol. The number of aliphatic hydroxyl groups is 1. The van der Waals surface area contributed by atoms with Crippen molar-refractivity contribution in [3.63, 3.8) is 0 Å². The van der Waals surface area contributed by atoms with Crippen LogP contribution < -0.4 is 4.74 Å². The minimum atomic E-state index is -0.0944. The first kappa shape index (κ1) is 12.4. The number of aryl methyl sites for hydroxylation is 2. The standard InChI is InChI=1S/C15H22O2/c1-10-8-11(2)15(14(9-10)17-3)12-4-6-13(16)7-5-12/h8-9,12-13,16H,4-7H2,1-3H3. The van der Waals surface area contributed by atoms with Gasteiger partial charge in [0.25, 0.3) is 0 Å². The Morgan fingerprint density at radius 1 is 1.12 bits per heavy atom. The van der Waals surface area contributed by atoms with Gasteiger partial charge >= 0.3 is 0 Å². The predicted molar refractivity (Wildman–Crippen MR) is 69.7 cm³/mol. The number of benzene rings is 1. The van der Waals surface area contributed by atoms with Crippen LogP contribution in [0.4, 0.5) is 0 Å². The molecule has 2 rings (SSSR count). The second-order valence-corrected chi connectivity index (χ2v) is 5.20. The maximum atomic E-state index is 9.58. The molecule has 1 aliphatic rings. The molecule has 94 valence electrons. The second-order valence-electron chi connectivity index (χ2n) is 5.20. The largest absolute Gasteiger partial charge is 0.496 e. The van der Waals surface area contributed by atoms with E-state index in [0.717, 1.165) is 31.4 Å². The van der Waals surface area contributed by atoms with Crippen LogP contribution >= 0.6 is 0 Å². The number of hydrogen-bond donors (Lipinski definition) is 1. The Hall–Kier alpha value is -1.02. The van der Waals surface area contributed by atoms with Crippen LogP contribution in [0.25, 0.3) is 0 Å². The first-order valence-corrected chi connectivity index (χ1v) is 6.45. The summed E-state index contributed by atoms with van der Waals surface area (Å²) in [5.41, 5.74) is 3.92. The smallest absolute Gasteiger partial charge is 0.122 e. The lowest BCUT2D eigenvalue weighted by molar-refractivity contribution is 0.122. The van der Waals surface area contributed by atoms with Gasteiger partial charge in [-0.1, -0.05) is 6.07 Å². The van der Waals surface area contributed by atoms with Crippen molar-refractivity contribution in [1.82, 2.24) is 0 Å². The van der Waals surface area contributed by atoms with Crippen molar-refractivity contribution in [3.05, 3.63) is 28.8 Å². The molecule has 1 fully saturated rings. The van der Waals surface area contributed by atoms with E-state index in [9.17, 15) is 5.11 Å². The van der Waals surface area contributed by atoms with Crippen LogP contribution in [0, 0.1) is 13.8 Å². The summed E-state index contributed by atoms with van der Waals surface area (Å²) in [6, 6.07) is 4.34. The van der Waals surface area contributed by atoms with Crippen LogP contribution in [0.2, 0.25) is 0 Å². The number of rotatable bonds is 2. The van der Waals surface area contributed by atoms with Gasteiger partial charge < -0.3 is 9.84 Å². The Kier molecular flexibility index (Phi) is 3.72. The molecule has 17 heavy (non-hydrogen) atoms. The van der Waals surface area contributed by atoms with E-state index in [1.54, 1.807) is 7.11 Å². The van der Waals surface area contributed by atoms with Gasteiger partial charge in [0, 0.05) is 5.56 Å². The summed E-state index contributed by atoms with van der Waals surface area (Å²) in [5.74, 6) is 1.57. The third-order valence-electron chi connectivity index (χ3n) is 3.82. The molecule has 2 nitrogen and oxygen atoms in total. The number of aliphatic hydroxyl groups excluding tert-OH is 1. The van der Waals surface area contributed by atoms with Crippen molar-refractivity contribution in [2.45, 2.75) is 51.6 Å². The molecule has 0 heterocycles. The molecule has 2 heteroatoms. The molecule has 0 aliphatic heterocycles. The molecule has 0 aromatic heterocycles. The van der Waals surface area contributed by atoms with Crippen molar-refractivity contribution in [2.24, 2.45) is 0 Å². The van der Waals surface area contributed by atoms with E-state index in [1.807, 2.05) is 0 Å². The van der Waals surface area contributed by atoms with E-state index < -0.39 is 0 Å². The van der Waals surface area contributed by atoms with Gasteiger partial charge in [-0.2, -0.15) is 0 Å². The molecule has 1 saturated carbocycles. The Morgan fingerprint density at radius 3 is 2.35 bits per heavy atom. The molecule has 0 radical (unpaired) electrons. The van der Waals surface area contributed by atoms with Gasteiger partial charge in [0.2, 0.25) is 0 Å². The monoisotopic (exact) mass is 234 g/mol. The normalized spacial score (nSPS) is 24.7. The summed E-state index contributed by atoms with van der Waals surface area (Å²) in [6.07, 6.45) is 3.88. The second kappa shape index (κ2) is 5.09. The average Bonchev–Trinajstić information content (AvgIpc) is 2.30. The maximum absolute atomic E-state index is 9.58. The minimum Gasteiger partial charge on any atom is -0.496 e. The molecule has 0 amide bonds. The van der Waals surface area contributed by atoms with Gasteiger partial charge in [0.1, 0.15) is 5.75 Å². The Balaban J connectivity index is 2.31. The molecule has 1 aliphatic carbocycles. The van der Waals surface area contributed by atoms with E-state index in [-0.39, 0.29) is 6.10 Å². The fourth-order valence-corrected chi connectivity index (χ4v) is 3.00. The zero-order valence-electron chi connectivity index (χ0n) is 11.0. The quantitative estimate of drug-likeness (QED) is 0.850. The van der Waals surface area contributed by atoms with Gasteiger partial charge in [-0.3, -0.25) is 0 Å². The highest BCUT2D eigenvalue weighted by atomic mass is 16.5. The Labute approximate surface area is 104 Å². The maximum Gasteiger partial charge on any atom is 0.122 e. The predicted octanol–water partition coefficient (Wildman–Crippen LogP) is 3.33. The number of methoxy groups -OCH3 is 1. The summed E-state index contributed by atoms with van der Waals surface area (Å²) >= 11 is 0. The SMILES string of the molecule is COc1cc(C)cc(C)c1C1CCC(O)CC1. The van der Waals surface area contributed by atoms with E-state index in [1.165, 1.54) is 16.7 Å². The third kappa shape index (κ3) is 2.63. The fraction of sp³-hybridized carbons (Fsp3) is 0.600. The molecular formula is C15H22O2. The van der Waals surface area contributed by atoms with Gasteiger partial charge in [-0.15, -0.1) is 0 Å². The van der Waals surface area contributed by atoms with Crippen molar-refractivity contribution in [3.8, 4) is 5.75 Å². The van der Waals surface area contributed by atoms with Gasteiger partial charge in [-0.25, -0.2) is 0 Å². The highest BCUT2D eigenvalue weighted by Crippen LogP contribution is 2.39. The lowest BCUT2D eigenvalue weighted by Gasteiger charge is -2.28. The summed E-state index contributed by atoms with van der Waals surface area (Å²) in [6.45, 7) is 4.26. The van der Waals surface area contributed by atoms with Crippen LogP contribution in [-0.4, -0.2) is 18.3 Å². The summed E-state index contributed by atoms with van der Waals surface area (Å²) < 4.78 is 5.52. The van der Waals surface area contributed by atoms with Crippen LogP contribution in [0.3, 0.4) is 0 Å². The molecule has 1 N–H and O–H groups in total. The molecule has 0 atom stereocenters. The lowest BCUT2D eigenvalue weighted by atomic mass is 9.80. The van der Waals surface area contributed by atoms with E-state index in [4.69, 9.17) is 4.74 Å². The van der Waals surface area contributed by atoms with Crippen molar-refractivity contribution < 1.29 is 9.84 Å². The molecule has 0 bridgehead atoms. The topological polar surface area (TPSA) is 29.5 Å². The minimum absolute atomic E-state index is 0.0944. The highest BCUT2D eigenvalue weighted by Gasteiger charge is 2.24. The number of hydrogen-bond acceptors (Lipinski definition) is 2. The summed E-state index contributed by atoms with van der Waals surface area (Å²) in [7, 11) is 1.75. The first-order valence-electron chi connectivity index (χ1n) is 6.45. The van der Waals surface area contributed by atoms with Crippen molar-refractivity contribution in [1.29, 1.82) is 0 Å². The van der Waals surface area contributed by atoms with Crippen LogP contribution in [-0.2, 0) is 0 Å². The number of ether oxygens (including phenoxy) is 1. The van der Waals surface area contributed by atoms with Crippen LogP contribution in [0.15, 0.2) is 12.1 Å². The molecule has 0 saturated heterocycles. The van der Waals surface area contributed by atoms with E-state index >= 15 is 0 Å². The molecule has 0 spiro atoms. The lowest BCUT2D eigenvalue weighted by Crippen LogP contribution is -2.18. The first-order chi connectivity index (χ1) is 8.11. The Morgan fingerprint density at radius 2 is 1.76 bits per heavy atom. The molecule has 1 aromatic carbocycles. The Bertz CT molecular complexity index is 390. The van der Waals surface area contributed by atoms with Gasteiger partial charge in [0.15, 0.2) is 0 Å². The average molecular weight is 234 g/mol. The summed E-state index contributed by atoms with van der Waals surface area (Å²) in [5, 5.41) is 9.58. The fourth-order valence-electron chi connectivity index (χ4n) is 3.00.